The second-order valence-electron chi connectivity index (χ2n) is 2.46. The highest BCUT2D eigenvalue weighted by atomic mass is 16.5. The Morgan fingerprint density at radius 3 is 2.92 bits per heavy atom. The molecule has 4 heteroatoms. The Morgan fingerprint density at radius 1 is 1.54 bits per heavy atom. The summed E-state index contributed by atoms with van der Waals surface area (Å²) in [7, 11) is 2.89. The van der Waals surface area contributed by atoms with Gasteiger partial charge in [0.25, 0.3) is 0 Å². The van der Waals surface area contributed by atoms with Crippen LogP contribution in [0.5, 0.6) is 5.88 Å². The molecule has 0 saturated carbocycles. The Labute approximate surface area is 76.5 Å². The summed E-state index contributed by atoms with van der Waals surface area (Å²) in [6, 6.07) is 3.45. The molecule has 0 N–H and O–H groups in total. The highest BCUT2D eigenvalue weighted by Crippen LogP contribution is 2.09. The van der Waals surface area contributed by atoms with Crippen LogP contribution in [0.2, 0.25) is 0 Å². The molecule has 0 aliphatic carbocycles. The first kappa shape index (κ1) is 9.51. The molecule has 0 saturated heterocycles. The average molecular weight is 181 g/mol. The number of methoxy groups -OCH3 is 2. The molecule has 0 fully saturated rings. The summed E-state index contributed by atoms with van der Waals surface area (Å²) >= 11 is 0. The van der Waals surface area contributed by atoms with Gasteiger partial charge < -0.3 is 9.47 Å². The zero-order valence-electron chi connectivity index (χ0n) is 7.61. The molecule has 70 valence electrons. The predicted molar refractivity (Wildman–Crippen MR) is 46.5 cm³/mol. The maximum atomic E-state index is 10.9. The maximum Gasteiger partial charge on any atom is 0.309 e. The van der Waals surface area contributed by atoms with E-state index in [1.54, 1.807) is 18.3 Å². The number of hydrogen-bond acceptors (Lipinski definition) is 4. The minimum Gasteiger partial charge on any atom is -0.481 e. The molecule has 13 heavy (non-hydrogen) atoms. The van der Waals surface area contributed by atoms with Crippen molar-refractivity contribution in [2.75, 3.05) is 14.2 Å². The average Bonchev–Trinajstić information content (AvgIpc) is 2.18. The van der Waals surface area contributed by atoms with Gasteiger partial charge in [-0.05, 0) is 11.6 Å². The normalized spacial score (nSPS) is 9.38. The molecule has 0 bridgehead atoms. The SMILES string of the molecule is COC(=O)Cc1ccnc(OC)c1. The molecule has 0 spiro atoms. The van der Waals surface area contributed by atoms with Crippen LogP contribution >= 0.6 is 0 Å². The summed E-state index contributed by atoms with van der Waals surface area (Å²) in [6.07, 6.45) is 1.84. The van der Waals surface area contributed by atoms with Crippen molar-refractivity contribution in [1.82, 2.24) is 4.98 Å². The van der Waals surface area contributed by atoms with E-state index in [1.165, 1.54) is 14.2 Å². The second-order valence-corrected chi connectivity index (χ2v) is 2.46. The Bertz CT molecular complexity index is 299. The number of ether oxygens (including phenoxy) is 2. The number of carbonyl (C=O) groups excluding carboxylic acids is 1. The van der Waals surface area contributed by atoms with Crippen molar-refractivity contribution < 1.29 is 14.3 Å². The lowest BCUT2D eigenvalue weighted by atomic mass is 10.2. The first-order valence-electron chi connectivity index (χ1n) is 3.82. The second kappa shape index (κ2) is 4.45. The predicted octanol–water partition coefficient (Wildman–Crippen LogP) is 0.806. The molecule has 0 aliphatic rings. The van der Waals surface area contributed by atoms with Gasteiger partial charge in [-0.15, -0.1) is 0 Å². The number of carbonyl (C=O) groups is 1. The van der Waals surface area contributed by atoms with Crippen molar-refractivity contribution in [3.8, 4) is 5.88 Å². The minimum atomic E-state index is -0.270. The van der Waals surface area contributed by atoms with Crippen LogP contribution in [0.4, 0.5) is 0 Å². The summed E-state index contributed by atoms with van der Waals surface area (Å²) in [5.41, 5.74) is 0.832. The van der Waals surface area contributed by atoms with Crippen LogP contribution in [0, 0.1) is 0 Å². The molecule has 1 heterocycles. The summed E-state index contributed by atoms with van der Waals surface area (Å²) in [5.74, 6) is 0.231. The van der Waals surface area contributed by atoms with Gasteiger partial charge in [0.1, 0.15) is 0 Å². The van der Waals surface area contributed by atoms with Crippen molar-refractivity contribution in [2.45, 2.75) is 6.42 Å². The third kappa shape index (κ3) is 2.74. The standard InChI is InChI=1S/C9H11NO3/c1-12-8-5-7(3-4-10-8)6-9(11)13-2/h3-5H,6H2,1-2H3. The lowest BCUT2D eigenvalue weighted by Crippen LogP contribution is -2.04. The quantitative estimate of drug-likeness (QED) is 0.647. The van der Waals surface area contributed by atoms with E-state index >= 15 is 0 Å². The van der Waals surface area contributed by atoms with E-state index < -0.39 is 0 Å². The summed E-state index contributed by atoms with van der Waals surface area (Å²) in [5, 5.41) is 0. The molecule has 0 aromatic carbocycles. The summed E-state index contributed by atoms with van der Waals surface area (Å²) in [6.45, 7) is 0. The fraction of sp³-hybridized carbons (Fsp3) is 0.333. The zero-order valence-corrected chi connectivity index (χ0v) is 7.61. The third-order valence-electron chi connectivity index (χ3n) is 1.58. The van der Waals surface area contributed by atoms with E-state index in [2.05, 4.69) is 9.72 Å². The van der Waals surface area contributed by atoms with Crippen LogP contribution in [-0.4, -0.2) is 25.2 Å². The van der Waals surface area contributed by atoms with Crippen molar-refractivity contribution in [3.05, 3.63) is 23.9 Å². The van der Waals surface area contributed by atoms with Crippen LogP contribution < -0.4 is 4.74 Å². The molecule has 0 radical (unpaired) electrons. The van der Waals surface area contributed by atoms with Crippen LogP contribution in [0.3, 0.4) is 0 Å². The molecule has 0 amide bonds. The molecule has 0 aliphatic heterocycles. The van der Waals surface area contributed by atoms with Gasteiger partial charge in [0, 0.05) is 12.3 Å². The van der Waals surface area contributed by atoms with Crippen LogP contribution in [-0.2, 0) is 16.0 Å². The van der Waals surface area contributed by atoms with Crippen molar-refractivity contribution in [1.29, 1.82) is 0 Å². The van der Waals surface area contributed by atoms with Gasteiger partial charge in [0.15, 0.2) is 0 Å². The van der Waals surface area contributed by atoms with Crippen LogP contribution in [0.1, 0.15) is 5.56 Å². The molecule has 1 aromatic rings. The molecule has 1 aromatic heterocycles. The van der Waals surface area contributed by atoms with Crippen LogP contribution in [0.25, 0.3) is 0 Å². The van der Waals surface area contributed by atoms with Crippen molar-refractivity contribution in [3.63, 3.8) is 0 Å². The molecule has 4 nitrogen and oxygen atoms in total. The van der Waals surface area contributed by atoms with Gasteiger partial charge in [-0.1, -0.05) is 0 Å². The van der Waals surface area contributed by atoms with Gasteiger partial charge >= 0.3 is 5.97 Å². The lowest BCUT2D eigenvalue weighted by Gasteiger charge is -2.01. The topological polar surface area (TPSA) is 48.4 Å². The van der Waals surface area contributed by atoms with Crippen molar-refractivity contribution in [2.24, 2.45) is 0 Å². The van der Waals surface area contributed by atoms with Crippen molar-refractivity contribution >= 4 is 5.97 Å². The number of aromatic nitrogens is 1. The number of pyridine rings is 1. The summed E-state index contributed by atoms with van der Waals surface area (Å²) in [4.78, 5) is 14.8. The Morgan fingerprint density at radius 2 is 2.31 bits per heavy atom. The first-order chi connectivity index (χ1) is 6.26. The molecular formula is C9H11NO3. The molecule has 0 unspecified atom stereocenters. The highest BCUT2D eigenvalue weighted by molar-refractivity contribution is 5.72. The maximum absolute atomic E-state index is 10.9. The number of nitrogens with zero attached hydrogens (tertiary/aromatic N) is 1. The fourth-order valence-electron chi connectivity index (χ4n) is 0.911. The lowest BCUT2D eigenvalue weighted by molar-refractivity contribution is -0.139. The van der Waals surface area contributed by atoms with E-state index in [1.807, 2.05) is 0 Å². The fourth-order valence-corrected chi connectivity index (χ4v) is 0.911. The zero-order chi connectivity index (χ0) is 9.68. The smallest absolute Gasteiger partial charge is 0.309 e. The first-order valence-corrected chi connectivity index (χ1v) is 3.82. The third-order valence-corrected chi connectivity index (χ3v) is 1.58. The van der Waals surface area contributed by atoms with E-state index in [4.69, 9.17) is 4.74 Å². The van der Waals surface area contributed by atoms with Gasteiger partial charge in [-0.3, -0.25) is 4.79 Å². The number of esters is 1. The number of rotatable bonds is 3. The Kier molecular flexibility index (Phi) is 3.25. The molecular weight excluding hydrogens is 170 g/mol. The molecule has 1 rings (SSSR count). The molecule has 0 atom stereocenters. The Hall–Kier alpha value is -1.58. The van der Waals surface area contributed by atoms with E-state index in [0.717, 1.165) is 5.56 Å². The van der Waals surface area contributed by atoms with Crippen LogP contribution in [0.15, 0.2) is 18.3 Å². The largest absolute Gasteiger partial charge is 0.481 e. The van der Waals surface area contributed by atoms with E-state index in [9.17, 15) is 4.79 Å². The van der Waals surface area contributed by atoms with Gasteiger partial charge in [0.2, 0.25) is 5.88 Å². The summed E-state index contributed by atoms with van der Waals surface area (Å²) < 4.78 is 9.43. The van der Waals surface area contributed by atoms with Gasteiger partial charge in [0.05, 0.1) is 20.6 Å². The minimum absolute atomic E-state index is 0.245. The number of hydrogen-bond donors (Lipinski definition) is 0. The Balaban J connectivity index is 2.71. The monoisotopic (exact) mass is 181 g/mol. The highest BCUT2D eigenvalue weighted by Gasteiger charge is 2.03. The van der Waals surface area contributed by atoms with Gasteiger partial charge in [-0.25, -0.2) is 4.98 Å². The van der Waals surface area contributed by atoms with Gasteiger partial charge in [-0.2, -0.15) is 0 Å². The van der Waals surface area contributed by atoms with E-state index in [-0.39, 0.29) is 12.4 Å². The van der Waals surface area contributed by atoms with E-state index in [0.29, 0.717) is 5.88 Å².